The van der Waals surface area contributed by atoms with Crippen molar-refractivity contribution >= 4 is 22.8 Å². The van der Waals surface area contributed by atoms with Crippen molar-refractivity contribution in [3.63, 3.8) is 0 Å². The van der Waals surface area contributed by atoms with Gasteiger partial charge in [-0.1, -0.05) is 6.92 Å². The Balaban J connectivity index is 1.50. The molecule has 2 atom stereocenters. The van der Waals surface area contributed by atoms with Crippen LogP contribution in [0.2, 0.25) is 0 Å². The van der Waals surface area contributed by atoms with Crippen molar-refractivity contribution in [3.8, 4) is 11.3 Å². The maximum atomic E-state index is 14.8. The Morgan fingerprint density at radius 3 is 2.69 bits per heavy atom. The molecule has 0 spiro atoms. The molecule has 35 heavy (non-hydrogen) atoms. The Morgan fingerprint density at radius 2 is 1.94 bits per heavy atom. The molecule has 1 aliphatic rings. The normalized spacial score (nSPS) is 18.3. The number of imidazole rings is 1. The molecule has 0 saturated carbocycles. The minimum absolute atomic E-state index is 0.0938. The number of fused-ring (bicyclic) bond motifs is 1. The Hall–Kier alpha value is -3.63. The van der Waals surface area contributed by atoms with E-state index < -0.39 is 11.6 Å². The summed E-state index contributed by atoms with van der Waals surface area (Å²) in [5, 5.41) is 7.79. The number of hydrogen-bond donors (Lipinski definition) is 2. The fourth-order valence-corrected chi connectivity index (χ4v) is 4.70. The van der Waals surface area contributed by atoms with E-state index in [9.17, 15) is 8.78 Å². The molecule has 4 aromatic rings. The lowest BCUT2D eigenvalue weighted by Crippen LogP contribution is -2.46. The second kappa shape index (κ2) is 9.55. The van der Waals surface area contributed by atoms with Crippen LogP contribution in [0.15, 0.2) is 48.9 Å². The first-order valence-electron chi connectivity index (χ1n) is 11.5. The largest absolute Gasteiger partial charge is 0.380 e. The lowest BCUT2D eigenvalue weighted by molar-refractivity contribution is 0.184. The molecule has 0 unspecified atom stereocenters. The summed E-state index contributed by atoms with van der Waals surface area (Å²) in [6.07, 6.45) is 6.09. The van der Waals surface area contributed by atoms with Gasteiger partial charge < -0.3 is 20.7 Å². The van der Waals surface area contributed by atoms with Gasteiger partial charge in [0.15, 0.2) is 0 Å². The van der Waals surface area contributed by atoms with Crippen molar-refractivity contribution in [3.05, 3.63) is 66.1 Å². The van der Waals surface area contributed by atoms with Gasteiger partial charge in [-0.15, -0.1) is 0 Å². The molecule has 3 N–H and O–H groups in total. The Bertz CT molecular complexity index is 1330. The summed E-state index contributed by atoms with van der Waals surface area (Å²) in [7, 11) is 1.47. The summed E-state index contributed by atoms with van der Waals surface area (Å²) in [5.74, 6) is -0.536. The van der Waals surface area contributed by atoms with Crippen LogP contribution in [0.3, 0.4) is 0 Å². The van der Waals surface area contributed by atoms with Crippen molar-refractivity contribution < 1.29 is 13.5 Å². The Labute approximate surface area is 201 Å². The molecule has 1 aromatic carbocycles. The molecule has 0 bridgehead atoms. The number of ether oxygens (including phenoxy) is 1. The number of nitrogens with two attached hydrogens (primary N) is 1. The van der Waals surface area contributed by atoms with E-state index in [-0.39, 0.29) is 23.9 Å². The summed E-state index contributed by atoms with van der Waals surface area (Å²) in [5.41, 5.74) is 9.00. The molecule has 1 saturated heterocycles. The molecule has 10 heteroatoms. The van der Waals surface area contributed by atoms with Gasteiger partial charge in [0.2, 0.25) is 5.95 Å². The summed E-state index contributed by atoms with van der Waals surface area (Å²) in [6, 6.07) is 7.84. The average Bonchev–Trinajstić information content (AvgIpc) is 3.21. The Morgan fingerprint density at radius 1 is 1.14 bits per heavy atom. The fraction of sp³-hybridized carbons (Fsp3) is 0.320. The predicted octanol–water partition coefficient (Wildman–Crippen LogP) is 4.13. The van der Waals surface area contributed by atoms with E-state index in [1.807, 2.05) is 6.07 Å². The van der Waals surface area contributed by atoms with E-state index in [1.165, 1.54) is 23.8 Å². The summed E-state index contributed by atoms with van der Waals surface area (Å²) < 4.78 is 36.1. The van der Waals surface area contributed by atoms with Crippen LogP contribution in [0.25, 0.3) is 16.8 Å². The van der Waals surface area contributed by atoms with Crippen LogP contribution in [-0.2, 0) is 11.3 Å². The van der Waals surface area contributed by atoms with Crippen molar-refractivity contribution in [2.45, 2.75) is 26.0 Å². The number of pyridine rings is 1. The van der Waals surface area contributed by atoms with Crippen LogP contribution in [0.1, 0.15) is 18.9 Å². The number of methoxy groups -OCH3 is 1. The van der Waals surface area contributed by atoms with Gasteiger partial charge in [0, 0.05) is 32.4 Å². The highest BCUT2D eigenvalue weighted by atomic mass is 19.1. The number of nitrogens with zero attached hydrogens (tertiary/aromatic N) is 5. The highest BCUT2D eigenvalue weighted by molar-refractivity contribution is 5.74. The van der Waals surface area contributed by atoms with E-state index in [0.717, 1.165) is 30.9 Å². The molecule has 4 heterocycles. The van der Waals surface area contributed by atoms with E-state index in [2.05, 4.69) is 32.2 Å². The van der Waals surface area contributed by atoms with Crippen molar-refractivity contribution in [2.75, 3.05) is 30.4 Å². The smallest absolute Gasteiger partial charge is 0.229 e. The molecule has 0 amide bonds. The van der Waals surface area contributed by atoms with Crippen LogP contribution >= 0.6 is 0 Å². The number of nitrogens with one attached hydrogen (secondary N) is 1. The second-order valence-corrected chi connectivity index (χ2v) is 9.03. The van der Waals surface area contributed by atoms with E-state index in [4.69, 9.17) is 10.5 Å². The summed E-state index contributed by atoms with van der Waals surface area (Å²) in [4.78, 5) is 10.9. The highest BCUT2D eigenvalue weighted by Crippen LogP contribution is 2.32. The van der Waals surface area contributed by atoms with Crippen LogP contribution in [0.5, 0.6) is 0 Å². The molecule has 3 aromatic heterocycles. The topological polar surface area (TPSA) is 93.6 Å². The van der Waals surface area contributed by atoms with Gasteiger partial charge in [-0.2, -0.15) is 9.61 Å². The molecule has 1 aliphatic heterocycles. The van der Waals surface area contributed by atoms with Gasteiger partial charge >= 0.3 is 0 Å². The van der Waals surface area contributed by atoms with Gasteiger partial charge in [0.25, 0.3) is 0 Å². The van der Waals surface area contributed by atoms with Crippen LogP contribution < -0.4 is 16.0 Å². The predicted molar refractivity (Wildman–Crippen MR) is 131 cm³/mol. The number of rotatable bonds is 6. The zero-order chi connectivity index (χ0) is 24.5. The SMILES string of the molecule is COCc1cc(F)c(-c2ccc3cnc(Nc4cnccc4N4C[C@H](C)C[C@H](N)C4)n3n2)c(F)c1. The first-order chi connectivity index (χ1) is 16.9. The van der Waals surface area contributed by atoms with Gasteiger partial charge in [-0.05, 0) is 48.2 Å². The molecule has 182 valence electrons. The average molecular weight is 480 g/mol. The molecule has 0 radical (unpaired) electrons. The minimum atomic E-state index is -0.705. The van der Waals surface area contributed by atoms with E-state index >= 15 is 0 Å². The number of piperidine rings is 1. The standard InChI is InChI=1S/C25H27F2N7O/c1-15-7-17(28)13-33(12-15)23-5-6-29-11-22(23)31-25-30-10-18-3-4-21(32-34(18)25)24-19(26)8-16(14-35-2)9-20(24)27/h3-6,8-11,15,17H,7,12-14,28H2,1-2H3,(H,30,31)/t15-,17+/m1/s1. The number of hydrogen-bond acceptors (Lipinski definition) is 7. The lowest BCUT2D eigenvalue weighted by atomic mass is 9.96. The third-order valence-corrected chi connectivity index (χ3v) is 6.13. The number of anilines is 3. The summed E-state index contributed by atoms with van der Waals surface area (Å²) >= 11 is 0. The van der Waals surface area contributed by atoms with Gasteiger partial charge in [-0.3, -0.25) is 4.98 Å². The maximum absolute atomic E-state index is 14.8. The number of benzene rings is 1. The van der Waals surface area contributed by atoms with Crippen molar-refractivity contribution in [1.29, 1.82) is 0 Å². The monoisotopic (exact) mass is 479 g/mol. The molecule has 8 nitrogen and oxygen atoms in total. The first-order valence-corrected chi connectivity index (χ1v) is 11.5. The lowest BCUT2D eigenvalue weighted by Gasteiger charge is -2.37. The second-order valence-electron chi connectivity index (χ2n) is 9.03. The summed E-state index contributed by atoms with van der Waals surface area (Å²) in [6.45, 7) is 3.93. The Kier molecular flexibility index (Phi) is 6.31. The zero-order valence-electron chi connectivity index (χ0n) is 19.6. The molecule has 5 rings (SSSR count). The van der Waals surface area contributed by atoms with E-state index in [1.54, 1.807) is 30.7 Å². The minimum Gasteiger partial charge on any atom is -0.380 e. The van der Waals surface area contributed by atoms with Crippen LogP contribution in [0.4, 0.5) is 26.1 Å². The quantitative estimate of drug-likeness (QED) is 0.429. The molecule has 0 aliphatic carbocycles. The molecular weight excluding hydrogens is 452 g/mol. The number of halogens is 2. The van der Waals surface area contributed by atoms with Crippen LogP contribution in [-0.4, -0.2) is 45.8 Å². The van der Waals surface area contributed by atoms with Crippen LogP contribution in [0, 0.1) is 17.6 Å². The first kappa shape index (κ1) is 23.1. The number of aromatic nitrogens is 4. The molecule has 1 fully saturated rings. The van der Waals surface area contributed by atoms with E-state index in [0.29, 0.717) is 22.9 Å². The van der Waals surface area contributed by atoms with Gasteiger partial charge in [-0.25, -0.2) is 13.8 Å². The third-order valence-electron chi connectivity index (χ3n) is 6.13. The molecular formula is C25H27F2N7O. The van der Waals surface area contributed by atoms with Crippen molar-refractivity contribution in [2.24, 2.45) is 11.7 Å². The van der Waals surface area contributed by atoms with Gasteiger partial charge in [0.1, 0.15) is 11.6 Å². The highest BCUT2D eigenvalue weighted by Gasteiger charge is 2.24. The van der Waals surface area contributed by atoms with Crippen molar-refractivity contribution in [1.82, 2.24) is 19.6 Å². The third kappa shape index (κ3) is 4.67. The zero-order valence-corrected chi connectivity index (χ0v) is 19.6. The fourth-order valence-electron chi connectivity index (χ4n) is 4.70. The maximum Gasteiger partial charge on any atom is 0.229 e. The van der Waals surface area contributed by atoms with Gasteiger partial charge in [0.05, 0.1) is 47.1 Å².